The van der Waals surface area contributed by atoms with Crippen molar-refractivity contribution in [2.75, 3.05) is 0 Å². The van der Waals surface area contributed by atoms with Gasteiger partial charge in [-0.2, -0.15) is 0 Å². The number of hydrogen-bond acceptors (Lipinski definition) is 4. The second kappa shape index (κ2) is 5.79. The highest BCUT2D eigenvalue weighted by molar-refractivity contribution is 5.91. The molecular weight excluding hydrogens is 303 g/mol. The van der Waals surface area contributed by atoms with Gasteiger partial charge in [0.1, 0.15) is 18.1 Å². The number of carbonyl (C=O) groups is 2. The van der Waals surface area contributed by atoms with Crippen molar-refractivity contribution in [2.24, 2.45) is 0 Å². The molecule has 0 atom stereocenters. The highest BCUT2D eigenvalue weighted by atomic mass is 19.1. The molecule has 1 amide bonds. The molecule has 8 heteroatoms. The summed E-state index contributed by atoms with van der Waals surface area (Å²) in [5, 5.41) is 18.9. The Labute approximate surface area is 131 Å². The van der Waals surface area contributed by atoms with E-state index in [-0.39, 0.29) is 24.8 Å². The van der Waals surface area contributed by atoms with Crippen molar-refractivity contribution in [3.05, 3.63) is 47.5 Å². The molecule has 1 aliphatic carbocycles. The number of rotatable bonds is 6. The summed E-state index contributed by atoms with van der Waals surface area (Å²) < 4.78 is 14.2. The lowest BCUT2D eigenvalue weighted by molar-refractivity contribution is -0.138. The fourth-order valence-corrected chi connectivity index (χ4v) is 2.52. The van der Waals surface area contributed by atoms with Crippen LogP contribution in [0.1, 0.15) is 24.1 Å². The first kappa shape index (κ1) is 15.1. The molecule has 2 aromatic rings. The number of nitrogens with zero attached hydrogens (tertiary/aromatic N) is 3. The van der Waals surface area contributed by atoms with Gasteiger partial charge in [-0.3, -0.25) is 9.59 Å². The molecule has 1 heterocycles. The number of carboxylic acid groups (broad SMARTS) is 1. The first-order valence-electron chi connectivity index (χ1n) is 7.15. The van der Waals surface area contributed by atoms with E-state index < -0.39 is 11.4 Å². The molecule has 2 N–H and O–H groups in total. The van der Waals surface area contributed by atoms with Crippen LogP contribution in [0.15, 0.2) is 30.5 Å². The second-order valence-electron chi connectivity index (χ2n) is 5.57. The number of aliphatic carboxylic acids is 1. The van der Waals surface area contributed by atoms with E-state index in [1.54, 1.807) is 12.1 Å². The molecule has 3 rings (SSSR count). The van der Waals surface area contributed by atoms with Crippen LogP contribution >= 0.6 is 0 Å². The van der Waals surface area contributed by atoms with Crippen LogP contribution in [-0.4, -0.2) is 32.0 Å². The van der Waals surface area contributed by atoms with Crippen LogP contribution < -0.4 is 5.32 Å². The van der Waals surface area contributed by atoms with Gasteiger partial charge >= 0.3 is 5.97 Å². The van der Waals surface area contributed by atoms with E-state index in [2.05, 4.69) is 15.6 Å². The maximum absolute atomic E-state index is 13.0. The van der Waals surface area contributed by atoms with E-state index in [1.807, 2.05) is 0 Å². The van der Waals surface area contributed by atoms with Crippen LogP contribution in [-0.2, 0) is 28.1 Å². The largest absolute Gasteiger partial charge is 0.480 e. The Kier molecular flexibility index (Phi) is 3.81. The zero-order chi connectivity index (χ0) is 16.4. The van der Waals surface area contributed by atoms with Crippen LogP contribution in [0, 0.1) is 5.82 Å². The van der Waals surface area contributed by atoms with Gasteiger partial charge in [-0.15, -0.1) is 5.10 Å². The van der Waals surface area contributed by atoms with Crippen molar-refractivity contribution < 1.29 is 19.1 Å². The van der Waals surface area contributed by atoms with Crippen molar-refractivity contribution in [2.45, 2.75) is 31.3 Å². The average molecular weight is 318 g/mol. The first-order valence-corrected chi connectivity index (χ1v) is 7.15. The molecule has 1 saturated carbocycles. The Morgan fingerprint density at radius 1 is 1.30 bits per heavy atom. The molecule has 0 bridgehead atoms. The van der Waals surface area contributed by atoms with Crippen LogP contribution in [0.4, 0.5) is 4.39 Å². The number of halogens is 1. The minimum absolute atomic E-state index is 0.142. The quantitative estimate of drug-likeness (QED) is 0.823. The number of hydrogen-bond donors (Lipinski definition) is 2. The first-order chi connectivity index (χ1) is 11.0. The lowest BCUT2D eigenvalue weighted by Gasteiger charge is -2.15. The van der Waals surface area contributed by atoms with E-state index in [9.17, 15) is 14.0 Å². The summed E-state index contributed by atoms with van der Waals surface area (Å²) in [6.45, 7) is -0.109. The van der Waals surface area contributed by atoms with Crippen molar-refractivity contribution in [3.8, 4) is 0 Å². The molecule has 1 fully saturated rings. The molecular formula is C15H15FN4O3. The summed E-state index contributed by atoms with van der Waals surface area (Å²) in [5.41, 5.74) is 0.686. The SMILES string of the molecule is O=C(O)Cn1cc(CNC(=O)C2(c3ccc(F)cc3)CC2)nn1. The Morgan fingerprint density at radius 3 is 2.61 bits per heavy atom. The minimum atomic E-state index is -1.02. The summed E-state index contributed by atoms with van der Waals surface area (Å²) in [4.78, 5) is 23.0. The highest BCUT2D eigenvalue weighted by Crippen LogP contribution is 2.48. The molecule has 0 radical (unpaired) electrons. The maximum Gasteiger partial charge on any atom is 0.325 e. The third-order valence-electron chi connectivity index (χ3n) is 3.89. The van der Waals surface area contributed by atoms with Crippen molar-refractivity contribution in [1.29, 1.82) is 0 Å². The molecule has 1 aromatic heterocycles. The highest BCUT2D eigenvalue weighted by Gasteiger charge is 2.51. The Morgan fingerprint density at radius 2 is 2.00 bits per heavy atom. The molecule has 0 saturated heterocycles. The Hall–Kier alpha value is -2.77. The zero-order valence-corrected chi connectivity index (χ0v) is 12.2. The lowest BCUT2D eigenvalue weighted by atomic mass is 9.95. The van der Waals surface area contributed by atoms with Crippen molar-refractivity contribution >= 4 is 11.9 Å². The van der Waals surface area contributed by atoms with Crippen LogP contribution in [0.5, 0.6) is 0 Å². The smallest absolute Gasteiger partial charge is 0.325 e. The summed E-state index contributed by atoms with van der Waals surface area (Å²) >= 11 is 0. The number of amides is 1. The molecule has 1 aliphatic rings. The Balaban J connectivity index is 1.62. The van der Waals surface area contributed by atoms with E-state index in [0.29, 0.717) is 5.69 Å². The molecule has 0 spiro atoms. The van der Waals surface area contributed by atoms with Gasteiger partial charge in [0.25, 0.3) is 0 Å². The van der Waals surface area contributed by atoms with Gasteiger partial charge in [0.2, 0.25) is 5.91 Å². The van der Waals surface area contributed by atoms with Crippen molar-refractivity contribution in [1.82, 2.24) is 20.3 Å². The topological polar surface area (TPSA) is 97.1 Å². The average Bonchev–Trinajstić information content (AvgIpc) is 3.21. The number of nitrogens with one attached hydrogen (secondary N) is 1. The monoisotopic (exact) mass is 318 g/mol. The summed E-state index contributed by atoms with van der Waals surface area (Å²) in [5.74, 6) is -1.49. The third kappa shape index (κ3) is 3.20. The van der Waals surface area contributed by atoms with E-state index in [1.165, 1.54) is 23.0 Å². The summed E-state index contributed by atoms with van der Waals surface area (Å²) in [6, 6.07) is 5.95. The molecule has 1 aromatic carbocycles. The van der Waals surface area contributed by atoms with Crippen LogP contribution in [0.2, 0.25) is 0 Å². The number of carbonyl (C=O) groups excluding carboxylic acids is 1. The van der Waals surface area contributed by atoms with Gasteiger partial charge in [-0.05, 0) is 30.5 Å². The van der Waals surface area contributed by atoms with E-state index in [0.717, 1.165) is 18.4 Å². The summed E-state index contributed by atoms with van der Waals surface area (Å²) in [7, 11) is 0. The fraction of sp³-hybridized carbons (Fsp3) is 0.333. The third-order valence-corrected chi connectivity index (χ3v) is 3.89. The van der Waals surface area contributed by atoms with Crippen molar-refractivity contribution in [3.63, 3.8) is 0 Å². The lowest BCUT2D eigenvalue weighted by Crippen LogP contribution is -2.34. The van der Waals surface area contributed by atoms with Gasteiger partial charge in [0, 0.05) is 0 Å². The van der Waals surface area contributed by atoms with Gasteiger partial charge in [0.15, 0.2) is 0 Å². The molecule has 0 unspecified atom stereocenters. The van der Waals surface area contributed by atoms with E-state index in [4.69, 9.17) is 5.11 Å². The molecule has 23 heavy (non-hydrogen) atoms. The minimum Gasteiger partial charge on any atom is -0.480 e. The Bertz CT molecular complexity index is 737. The number of aromatic nitrogens is 3. The van der Waals surface area contributed by atoms with E-state index >= 15 is 0 Å². The molecule has 7 nitrogen and oxygen atoms in total. The second-order valence-corrected chi connectivity index (χ2v) is 5.57. The normalized spacial score (nSPS) is 15.2. The predicted octanol–water partition coefficient (Wildman–Crippen LogP) is 0.850. The van der Waals surface area contributed by atoms with Crippen LogP contribution in [0.3, 0.4) is 0 Å². The fourth-order valence-electron chi connectivity index (χ4n) is 2.52. The molecule has 120 valence electrons. The number of carboxylic acids is 1. The predicted molar refractivity (Wildman–Crippen MR) is 76.8 cm³/mol. The zero-order valence-electron chi connectivity index (χ0n) is 12.2. The van der Waals surface area contributed by atoms with Crippen LogP contribution in [0.25, 0.3) is 0 Å². The van der Waals surface area contributed by atoms with Gasteiger partial charge in [0.05, 0.1) is 18.2 Å². The van der Waals surface area contributed by atoms with Gasteiger partial charge in [-0.1, -0.05) is 17.3 Å². The summed E-state index contributed by atoms with van der Waals surface area (Å²) in [6.07, 6.45) is 2.91. The van der Waals surface area contributed by atoms with Gasteiger partial charge < -0.3 is 10.4 Å². The molecule has 0 aliphatic heterocycles. The maximum atomic E-state index is 13.0. The van der Waals surface area contributed by atoms with Gasteiger partial charge in [-0.25, -0.2) is 9.07 Å². The number of benzene rings is 1. The standard InChI is InChI=1S/C15H15FN4O3/c16-11-3-1-10(2-4-11)15(5-6-15)14(23)17-7-12-8-20(19-18-12)9-13(21)22/h1-4,8H,5-7,9H2,(H,17,23)(H,21,22).